The van der Waals surface area contributed by atoms with E-state index in [1.807, 2.05) is 0 Å². The quantitative estimate of drug-likeness (QED) is 0.405. The maximum Gasteiger partial charge on any atom is 0.324 e. The summed E-state index contributed by atoms with van der Waals surface area (Å²) in [5.74, 6) is 0. The minimum absolute atomic E-state index is 0.912. The SMILES string of the molecule is O=C(F)C=C1CCCCC1. The van der Waals surface area contributed by atoms with E-state index in [4.69, 9.17) is 0 Å². The largest absolute Gasteiger partial charge is 0.324 e. The van der Waals surface area contributed by atoms with E-state index in [1.54, 1.807) is 0 Å². The third kappa shape index (κ3) is 2.29. The molecule has 0 amide bonds. The first-order chi connectivity index (χ1) is 4.79. The molecule has 0 aromatic heterocycles. The summed E-state index contributed by atoms with van der Waals surface area (Å²) in [7, 11) is 0. The van der Waals surface area contributed by atoms with Crippen LogP contribution in [0, 0.1) is 0 Å². The Labute approximate surface area is 59.9 Å². The predicted molar refractivity (Wildman–Crippen MR) is 37.3 cm³/mol. The summed E-state index contributed by atoms with van der Waals surface area (Å²) < 4.78 is 11.8. The molecule has 10 heavy (non-hydrogen) atoms. The van der Waals surface area contributed by atoms with E-state index in [0.717, 1.165) is 37.3 Å². The second kappa shape index (κ2) is 3.49. The van der Waals surface area contributed by atoms with Crippen LogP contribution in [-0.4, -0.2) is 6.04 Å². The summed E-state index contributed by atoms with van der Waals surface area (Å²) in [6.45, 7) is 0. The van der Waals surface area contributed by atoms with Crippen LogP contribution in [0.5, 0.6) is 0 Å². The second-order valence-corrected chi connectivity index (χ2v) is 2.67. The lowest BCUT2D eigenvalue weighted by Crippen LogP contribution is -1.95. The molecule has 1 aliphatic rings. The normalized spacial score (nSPS) is 18.7. The van der Waals surface area contributed by atoms with E-state index in [2.05, 4.69) is 0 Å². The summed E-state index contributed by atoms with van der Waals surface area (Å²) in [4.78, 5) is 9.97. The maximum atomic E-state index is 11.8. The average molecular weight is 142 g/mol. The highest BCUT2D eigenvalue weighted by Gasteiger charge is 2.06. The number of halogens is 1. The van der Waals surface area contributed by atoms with Crippen LogP contribution in [0.25, 0.3) is 0 Å². The lowest BCUT2D eigenvalue weighted by atomic mass is 9.95. The van der Waals surface area contributed by atoms with E-state index in [9.17, 15) is 9.18 Å². The maximum absolute atomic E-state index is 11.8. The molecular formula is C8H11FO. The van der Waals surface area contributed by atoms with Gasteiger partial charge in [-0.15, -0.1) is 0 Å². The number of hydrogen-bond acceptors (Lipinski definition) is 1. The molecule has 0 heterocycles. The zero-order valence-electron chi connectivity index (χ0n) is 5.90. The summed E-state index contributed by atoms with van der Waals surface area (Å²) in [6, 6.07) is -1.29. The Hall–Kier alpha value is -0.660. The molecule has 0 aromatic carbocycles. The number of carbonyl (C=O) groups is 1. The summed E-state index contributed by atoms with van der Waals surface area (Å²) >= 11 is 0. The monoisotopic (exact) mass is 142 g/mol. The van der Waals surface area contributed by atoms with Gasteiger partial charge < -0.3 is 0 Å². The Morgan fingerprint density at radius 3 is 2.40 bits per heavy atom. The molecule has 1 aliphatic carbocycles. The highest BCUT2D eigenvalue weighted by atomic mass is 19.1. The van der Waals surface area contributed by atoms with Gasteiger partial charge in [-0.25, -0.2) is 0 Å². The summed E-state index contributed by atoms with van der Waals surface area (Å²) in [5.41, 5.74) is 0.985. The van der Waals surface area contributed by atoms with Gasteiger partial charge in [0, 0.05) is 6.08 Å². The fourth-order valence-corrected chi connectivity index (χ4v) is 1.31. The standard InChI is InChI=1S/C8H11FO/c9-8(10)6-7-4-2-1-3-5-7/h6H,1-5H2. The molecule has 0 bridgehead atoms. The van der Waals surface area contributed by atoms with Crippen molar-refractivity contribution < 1.29 is 9.18 Å². The number of hydrogen-bond donors (Lipinski definition) is 0. The number of carbonyl (C=O) groups excluding carboxylic acids is 1. The third-order valence-corrected chi connectivity index (χ3v) is 1.81. The van der Waals surface area contributed by atoms with Crippen molar-refractivity contribution in [3.05, 3.63) is 11.6 Å². The van der Waals surface area contributed by atoms with E-state index >= 15 is 0 Å². The zero-order chi connectivity index (χ0) is 7.40. The van der Waals surface area contributed by atoms with Gasteiger partial charge in [0.2, 0.25) is 0 Å². The molecule has 0 N–H and O–H groups in total. The molecule has 2 heteroatoms. The first kappa shape index (κ1) is 7.45. The molecule has 1 nitrogen and oxygen atoms in total. The molecule has 0 unspecified atom stereocenters. The van der Waals surface area contributed by atoms with Crippen LogP contribution < -0.4 is 0 Å². The molecule has 0 radical (unpaired) electrons. The Morgan fingerprint density at radius 1 is 1.30 bits per heavy atom. The number of rotatable bonds is 1. The lowest BCUT2D eigenvalue weighted by Gasteiger charge is -2.11. The van der Waals surface area contributed by atoms with Gasteiger partial charge in [0.1, 0.15) is 0 Å². The van der Waals surface area contributed by atoms with Gasteiger partial charge in [-0.1, -0.05) is 12.0 Å². The topological polar surface area (TPSA) is 17.1 Å². The molecule has 0 atom stereocenters. The Morgan fingerprint density at radius 2 is 1.90 bits per heavy atom. The molecule has 0 spiro atoms. The van der Waals surface area contributed by atoms with Crippen LogP contribution in [0.1, 0.15) is 32.1 Å². The van der Waals surface area contributed by atoms with Crippen LogP contribution in [0.15, 0.2) is 11.6 Å². The first-order valence-corrected chi connectivity index (χ1v) is 3.68. The van der Waals surface area contributed by atoms with Gasteiger partial charge in [-0.3, -0.25) is 4.79 Å². The van der Waals surface area contributed by atoms with Gasteiger partial charge in [-0.2, -0.15) is 4.39 Å². The van der Waals surface area contributed by atoms with Gasteiger partial charge in [0.05, 0.1) is 0 Å². The smallest absolute Gasteiger partial charge is 0.256 e. The minimum Gasteiger partial charge on any atom is -0.256 e. The average Bonchev–Trinajstić information content (AvgIpc) is 1.88. The Bertz CT molecular complexity index is 153. The first-order valence-electron chi connectivity index (χ1n) is 3.68. The molecular weight excluding hydrogens is 131 g/mol. The Kier molecular flexibility index (Phi) is 2.60. The fourth-order valence-electron chi connectivity index (χ4n) is 1.31. The van der Waals surface area contributed by atoms with Crippen molar-refractivity contribution in [2.45, 2.75) is 32.1 Å². The van der Waals surface area contributed by atoms with Crippen LogP contribution in [0.4, 0.5) is 4.39 Å². The van der Waals surface area contributed by atoms with Crippen molar-refractivity contribution in [3.8, 4) is 0 Å². The number of allylic oxidation sites excluding steroid dienone is 2. The van der Waals surface area contributed by atoms with Crippen molar-refractivity contribution in [1.82, 2.24) is 0 Å². The molecule has 1 fully saturated rings. The lowest BCUT2D eigenvalue weighted by molar-refractivity contribution is -0.124. The summed E-state index contributed by atoms with van der Waals surface area (Å²) in [5, 5.41) is 0. The van der Waals surface area contributed by atoms with Crippen molar-refractivity contribution in [3.63, 3.8) is 0 Å². The third-order valence-electron chi connectivity index (χ3n) is 1.81. The van der Waals surface area contributed by atoms with Crippen molar-refractivity contribution in [2.24, 2.45) is 0 Å². The Balaban J connectivity index is 2.45. The zero-order valence-corrected chi connectivity index (χ0v) is 5.90. The summed E-state index contributed by atoms with van der Waals surface area (Å²) in [6.07, 6.45) is 6.40. The van der Waals surface area contributed by atoms with Crippen LogP contribution in [0.2, 0.25) is 0 Å². The molecule has 0 saturated heterocycles. The van der Waals surface area contributed by atoms with Crippen molar-refractivity contribution >= 4 is 6.04 Å². The van der Waals surface area contributed by atoms with Crippen LogP contribution in [-0.2, 0) is 4.79 Å². The van der Waals surface area contributed by atoms with E-state index < -0.39 is 6.04 Å². The van der Waals surface area contributed by atoms with E-state index in [0.29, 0.717) is 0 Å². The predicted octanol–water partition coefficient (Wildman–Crippen LogP) is 2.37. The van der Waals surface area contributed by atoms with Crippen molar-refractivity contribution in [2.75, 3.05) is 0 Å². The minimum atomic E-state index is -1.29. The van der Waals surface area contributed by atoms with Gasteiger partial charge in [0.15, 0.2) is 0 Å². The molecule has 1 saturated carbocycles. The highest BCUT2D eigenvalue weighted by molar-refractivity contribution is 5.81. The molecule has 0 aromatic rings. The molecule has 0 aliphatic heterocycles. The van der Waals surface area contributed by atoms with E-state index in [-0.39, 0.29) is 0 Å². The van der Waals surface area contributed by atoms with Crippen LogP contribution >= 0.6 is 0 Å². The van der Waals surface area contributed by atoms with E-state index in [1.165, 1.54) is 6.42 Å². The molecule has 56 valence electrons. The second-order valence-electron chi connectivity index (χ2n) is 2.67. The van der Waals surface area contributed by atoms with Gasteiger partial charge in [0.25, 0.3) is 0 Å². The fraction of sp³-hybridized carbons (Fsp3) is 0.625. The van der Waals surface area contributed by atoms with Gasteiger partial charge in [-0.05, 0) is 25.7 Å². The van der Waals surface area contributed by atoms with Crippen LogP contribution in [0.3, 0.4) is 0 Å². The van der Waals surface area contributed by atoms with Crippen molar-refractivity contribution in [1.29, 1.82) is 0 Å². The van der Waals surface area contributed by atoms with Gasteiger partial charge >= 0.3 is 6.04 Å². The highest BCUT2D eigenvalue weighted by Crippen LogP contribution is 2.22. The molecule has 1 rings (SSSR count).